The Morgan fingerprint density at radius 2 is 2.04 bits per heavy atom. The number of nitrogens with one attached hydrogen (secondary N) is 2. The fourth-order valence-corrected chi connectivity index (χ4v) is 2.70. The molecular formula is C19H22N2O3. The highest BCUT2D eigenvalue weighted by Crippen LogP contribution is 2.19. The summed E-state index contributed by atoms with van der Waals surface area (Å²) in [6.07, 6.45) is 1.95. The highest BCUT2D eigenvalue weighted by molar-refractivity contribution is 5.95. The predicted molar refractivity (Wildman–Crippen MR) is 93.4 cm³/mol. The molecule has 5 nitrogen and oxygen atoms in total. The molecule has 0 bridgehead atoms. The van der Waals surface area contributed by atoms with Gasteiger partial charge in [0.1, 0.15) is 18.1 Å². The fraction of sp³-hybridized carbons (Fsp3) is 0.316. The van der Waals surface area contributed by atoms with Gasteiger partial charge in [-0.1, -0.05) is 12.1 Å². The Kier molecular flexibility index (Phi) is 5.33. The molecule has 3 rings (SSSR count). The van der Waals surface area contributed by atoms with Crippen LogP contribution in [0.2, 0.25) is 0 Å². The van der Waals surface area contributed by atoms with Crippen LogP contribution < -0.4 is 20.1 Å². The van der Waals surface area contributed by atoms with Crippen LogP contribution in [-0.2, 0) is 11.4 Å². The fourth-order valence-electron chi connectivity index (χ4n) is 2.70. The summed E-state index contributed by atoms with van der Waals surface area (Å²) in [7, 11) is 1.65. The number of methoxy groups -OCH3 is 1. The standard InChI is InChI=1S/C19H22N2O3/c1-23-17-5-2-4-14(12-17)13-24-16-9-7-15(8-10-16)21-19(22)18-6-3-11-20-18/h2,4-5,7-10,12,18,20H,3,6,11,13H2,1H3,(H,21,22). The minimum absolute atomic E-state index is 0.0255. The van der Waals surface area contributed by atoms with E-state index in [1.807, 2.05) is 48.5 Å². The molecule has 2 aromatic rings. The molecule has 1 heterocycles. The number of hydrogen-bond donors (Lipinski definition) is 2. The Morgan fingerprint density at radius 1 is 1.21 bits per heavy atom. The molecule has 1 aliphatic heterocycles. The van der Waals surface area contributed by atoms with E-state index in [-0.39, 0.29) is 11.9 Å². The van der Waals surface area contributed by atoms with Gasteiger partial charge in [-0.05, 0) is 61.3 Å². The zero-order chi connectivity index (χ0) is 16.8. The Labute approximate surface area is 142 Å². The molecule has 1 saturated heterocycles. The summed E-state index contributed by atoms with van der Waals surface area (Å²) in [5.74, 6) is 1.60. The van der Waals surface area contributed by atoms with Crippen molar-refractivity contribution in [3.05, 3.63) is 54.1 Å². The van der Waals surface area contributed by atoms with Crippen LogP contribution in [0, 0.1) is 0 Å². The van der Waals surface area contributed by atoms with Gasteiger partial charge in [0.05, 0.1) is 13.2 Å². The van der Waals surface area contributed by atoms with Crippen LogP contribution >= 0.6 is 0 Å². The van der Waals surface area contributed by atoms with Gasteiger partial charge in [0.2, 0.25) is 5.91 Å². The van der Waals surface area contributed by atoms with Crippen molar-refractivity contribution in [3.63, 3.8) is 0 Å². The Balaban J connectivity index is 1.53. The molecule has 0 radical (unpaired) electrons. The first-order valence-electron chi connectivity index (χ1n) is 8.14. The van der Waals surface area contributed by atoms with Crippen LogP contribution in [-0.4, -0.2) is 25.6 Å². The number of carbonyl (C=O) groups is 1. The normalized spacial score (nSPS) is 16.6. The van der Waals surface area contributed by atoms with Crippen LogP contribution in [0.3, 0.4) is 0 Å². The largest absolute Gasteiger partial charge is 0.497 e. The second-order valence-electron chi connectivity index (χ2n) is 5.80. The summed E-state index contributed by atoms with van der Waals surface area (Å²) < 4.78 is 11.0. The highest BCUT2D eigenvalue weighted by atomic mass is 16.5. The number of carbonyl (C=O) groups excluding carboxylic acids is 1. The van der Waals surface area contributed by atoms with Gasteiger partial charge >= 0.3 is 0 Å². The second kappa shape index (κ2) is 7.84. The molecule has 0 aliphatic carbocycles. The predicted octanol–water partition coefficient (Wildman–Crippen LogP) is 2.96. The van der Waals surface area contributed by atoms with Gasteiger partial charge in [-0.15, -0.1) is 0 Å². The highest BCUT2D eigenvalue weighted by Gasteiger charge is 2.21. The molecule has 2 aromatic carbocycles. The first-order valence-corrected chi connectivity index (χ1v) is 8.14. The van der Waals surface area contributed by atoms with Crippen molar-refractivity contribution in [2.75, 3.05) is 19.0 Å². The lowest BCUT2D eigenvalue weighted by Crippen LogP contribution is -2.35. The zero-order valence-electron chi connectivity index (χ0n) is 13.7. The van der Waals surface area contributed by atoms with Crippen molar-refractivity contribution in [3.8, 4) is 11.5 Å². The van der Waals surface area contributed by atoms with Crippen molar-refractivity contribution in [2.45, 2.75) is 25.5 Å². The second-order valence-corrected chi connectivity index (χ2v) is 5.80. The van der Waals surface area contributed by atoms with Gasteiger partial charge in [0, 0.05) is 5.69 Å². The Bertz CT molecular complexity index is 679. The minimum atomic E-state index is -0.0750. The smallest absolute Gasteiger partial charge is 0.241 e. The third-order valence-electron chi connectivity index (χ3n) is 4.04. The van der Waals surface area contributed by atoms with Crippen molar-refractivity contribution < 1.29 is 14.3 Å². The molecular weight excluding hydrogens is 304 g/mol. The third-order valence-corrected chi connectivity index (χ3v) is 4.04. The van der Waals surface area contributed by atoms with Crippen LogP contribution in [0.4, 0.5) is 5.69 Å². The molecule has 2 N–H and O–H groups in total. The summed E-state index contributed by atoms with van der Waals surface area (Å²) >= 11 is 0. The molecule has 0 aromatic heterocycles. The molecule has 126 valence electrons. The van der Waals surface area contributed by atoms with Crippen molar-refractivity contribution in [2.24, 2.45) is 0 Å². The summed E-state index contributed by atoms with van der Waals surface area (Å²) in [4.78, 5) is 12.1. The lowest BCUT2D eigenvalue weighted by molar-refractivity contribution is -0.117. The van der Waals surface area contributed by atoms with Crippen molar-refractivity contribution >= 4 is 11.6 Å². The van der Waals surface area contributed by atoms with Gasteiger partial charge in [-0.25, -0.2) is 0 Å². The van der Waals surface area contributed by atoms with E-state index in [0.717, 1.165) is 42.1 Å². The van der Waals surface area contributed by atoms with Crippen LogP contribution in [0.15, 0.2) is 48.5 Å². The van der Waals surface area contributed by atoms with E-state index in [1.165, 1.54) is 0 Å². The molecule has 1 fully saturated rings. The van der Waals surface area contributed by atoms with E-state index in [9.17, 15) is 4.79 Å². The van der Waals surface area contributed by atoms with Gasteiger partial charge < -0.3 is 20.1 Å². The molecule has 0 spiro atoms. The first kappa shape index (κ1) is 16.3. The van der Waals surface area contributed by atoms with E-state index in [0.29, 0.717) is 6.61 Å². The SMILES string of the molecule is COc1cccc(COc2ccc(NC(=O)C3CCCN3)cc2)c1. The third kappa shape index (κ3) is 4.26. The number of rotatable bonds is 6. The monoisotopic (exact) mass is 326 g/mol. The van der Waals surface area contributed by atoms with Gasteiger partial charge in [0.25, 0.3) is 0 Å². The summed E-state index contributed by atoms with van der Waals surface area (Å²) in [5.41, 5.74) is 1.82. The van der Waals surface area contributed by atoms with Crippen LogP contribution in [0.5, 0.6) is 11.5 Å². The number of benzene rings is 2. The van der Waals surface area contributed by atoms with E-state index >= 15 is 0 Å². The molecule has 1 atom stereocenters. The lowest BCUT2D eigenvalue weighted by Gasteiger charge is -2.12. The molecule has 24 heavy (non-hydrogen) atoms. The maximum Gasteiger partial charge on any atom is 0.241 e. The maximum absolute atomic E-state index is 12.1. The average molecular weight is 326 g/mol. The van der Waals surface area contributed by atoms with E-state index < -0.39 is 0 Å². The Hall–Kier alpha value is -2.53. The lowest BCUT2D eigenvalue weighted by atomic mass is 10.2. The number of amides is 1. The maximum atomic E-state index is 12.1. The topological polar surface area (TPSA) is 59.6 Å². The summed E-state index contributed by atoms with van der Waals surface area (Å²) in [6.45, 7) is 1.38. The minimum Gasteiger partial charge on any atom is -0.497 e. The van der Waals surface area contributed by atoms with Crippen molar-refractivity contribution in [1.29, 1.82) is 0 Å². The van der Waals surface area contributed by atoms with Crippen LogP contribution in [0.25, 0.3) is 0 Å². The zero-order valence-corrected chi connectivity index (χ0v) is 13.7. The summed E-state index contributed by atoms with van der Waals surface area (Å²) in [6, 6.07) is 15.1. The van der Waals surface area contributed by atoms with Gasteiger partial charge in [-0.2, -0.15) is 0 Å². The van der Waals surface area contributed by atoms with E-state index in [4.69, 9.17) is 9.47 Å². The Morgan fingerprint density at radius 3 is 2.75 bits per heavy atom. The van der Waals surface area contributed by atoms with E-state index in [1.54, 1.807) is 7.11 Å². The quantitative estimate of drug-likeness (QED) is 0.857. The number of hydrogen-bond acceptors (Lipinski definition) is 4. The van der Waals surface area contributed by atoms with Gasteiger partial charge in [-0.3, -0.25) is 4.79 Å². The van der Waals surface area contributed by atoms with Gasteiger partial charge in [0.15, 0.2) is 0 Å². The molecule has 1 amide bonds. The molecule has 1 aliphatic rings. The average Bonchev–Trinajstić information content (AvgIpc) is 3.16. The molecule has 5 heteroatoms. The van der Waals surface area contributed by atoms with Crippen LogP contribution in [0.1, 0.15) is 18.4 Å². The molecule has 0 saturated carbocycles. The van der Waals surface area contributed by atoms with Crippen molar-refractivity contribution in [1.82, 2.24) is 5.32 Å². The first-order chi connectivity index (χ1) is 11.7. The summed E-state index contributed by atoms with van der Waals surface area (Å²) in [5, 5.41) is 6.12. The number of ether oxygens (including phenoxy) is 2. The molecule has 1 unspecified atom stereocenters. The number of anilines is 1. The van der Waals surface area contributed by atoms with E-state index in [2.05, 4.69) is 10.6 Å².